The third-order valence-electron chi connectivity index (χ3n) is 3.16. The van der Waals surface area contributed by atoms with E-state index in [1.165, 1.54) is 0 Å². The molecule has 1 aromatic heterocycles. The van der Waals surface area contributed by atoms with Gasteiger partial charge in [-0.25, -0.2) is 4.98 Å². The zero-order valence-electron chi connectivity index (χ0n) is 11.2. The first-order valence-electron chi connectivity index (χ1n) is 6.56. The van der Waals surface area contributed by atoms with Gasteiger partial charge in [-0.15, -0.1) is 0 Å². The number of aliphatic carboxylic acids is 1. The van der Waals surface area contributed by atoms with Crippen molar-refractivity contribution in [3.63, 3.8) is 0 Å². The number of carboxylic acids is 1. The summed E-state index contributed by atoms with van der Waals surface area (Å²) in [7, 11) is 0. The van der Waals surface area contributed by atoms with Crippen LogP contribution in [0.15, 0.2) is 60.7 Å². The van der Waals surface area contributed by atoms with E-state index in [4.69, 9.17) is 5.11 Å². The lowest BCUT2D eigenvalue weighted by Crippen LogP contribution is -2.09. The maximum absolute atomic E-state index is 11.0. The van der Waals surface area contributed by atoms with Crippen LogP contribution >= 0.6 is 0 Å². The summed E-state index contributed by atoms with van der Waals surface area (Å²) in [4.78, 5) is 15.3. The lowest BCUT2D eigenvalue weighted by molar-refractivity contribution is -0.137. The quantitative estimate of drug-likeness (QED) is 0.797. The summed E-state index contributed by atoms with van der Waals surface area (Å²) < 4.78 is 1.54. The van der Waals surface area contributed by atoms with Crippen LogP contribution in [0.25, 0.3) is 22.5 Å². The van der Waals surface area contributed by atoms with Crippen LogP contribution in [0.1, 0.15) is 0 Å². The topological polar surface area (TPSA) is 55.1 Å². The summed E-state index contributed by atoms with van der Waals surface area (Å²) >= 11 is 0. The predicted octanol–water partition coefficient (Wildman–Crippen LogP) is 3.10. The molecule has 0 saturated carbocycles. The number of imidazole rings is 1. The summed E-state index contributed by atoms with van der Waals surface area (Å²) in [5.41, 5.74) is 3.37. The van der Waals surface area contributed by atoms with Crippen LogP contribution in [-0.2, 0) is 11.3 Å². The number of benzene rings is 2. The van der Waals surface area contributed by atoms with E-state index in [0.29, 0.717) is 0 Å². The fourth-order valence-electron chi connectivity index (χ4n) is 2.28. The highest BCUT2D eigenvalue weighted by molar-refractivity contribution is 5.79. The van der Waals surface area contributed by atoms with Gasteiger partial charge in [0.1, 0.15) is 6.54 Å². The maximum Gasteiger partial charge on any atom is 0.323 e. The van der Waals surface area contributed by atoms with Crippen LogP contribution < -0.4 is 0 Å². The molecule has 0 bridgehead atoms. The summed E-state index contributed by atoms with van der Waals surface area (Å²) in [5.74, 6) is -0.916. The van der Waals surface area contributed by atoms with E-state index in [1.54, 1.807) is 4.57 Å². The lowest BCUT2D eigenvalue weighted by atomic mass is 10.0. The molecule has 103 valence electrons. The normalized spacial score (nSPS) is 10.5. The van der Waals surface area contributed by atoms with Crippen LogP contribution in [0.3, 0.4) is 0 Å². The van der Waals surface area contributed by atoms with E-state index in [9.17, 15) is 4.79 Å². The van der Waals surface area contributed by atoms with Crippen molar-refractivity contribution in [3.8, 4) is 22.5 Å². The molecule has 0 aliphatic carbocycles. The molecule has 4 heteroatoms. The predicted molar refractivity (Wildman–Crippen MR) is 79.6 cm³/mol. The molecule has 4 nitrogen and oxygen atoms in total. The fraction of sp³-hybridized carbons (Fsp3) is 0.0588. The molecule has 0 spiro atoms. The van der Waals surface area contributed by atoms with Crippen LogP contribution in [0.4, 0.5) is 0 Å². The average Bonchev–Trinajstić information content (AvgIpc) is 2.92. The number of nitrogens with zero attached hydrogens (tertiary/aromatic N) is 2. The van der Waals surface area contributed by atoms with Gasteiger partial charge < -0.3 is 9.67 Å². The Hall–Kier alpha value is -2.88. The van der Waals surface area contributed by atoms with Gasteiger partial charge in [0, 0.05) is 11.1 Å². The van der Waals surface area contributed by atoms with Gasteiger partial charge >= 0.3 is 5.97 Å². The van der Waals surface area contributed by atoms with E-state index >= 15 is 0 Å². The summed E-state index contributed by atoms with van der Waals surface area (Å²) in [6.45, 7) is -0.163. The summed E-state index contributed by atoms with van der Waals surface area (Å²) in [5, 5.41) is 9.05. The van der Waals surface area contributed by atoms with Gasteiger partial charge in [-0.05, 0) is 0 Å². The molecule has 3 rings (SSSR count). The third-order valence-corrected chi connectivity index (χ3v) is 3.16. The second-order valence-corrected chi connectivity index (χ2v) is 4.62. The molecule has 2 aromatic carbocycles. The van der Waals surface area contributed by atoms with Crippen molar-refractivity contribution >= 4 is 5.97 Å². The minimum atomic E-state index is -0.916. The third kappa shape index (κ3) is 2.69. The number of hydrogen-bond acceptors (Lipinski definition) is 2. The smallest absolute Gasteiger partial charge is 0.323 e. The Morgan fingerprint density at radius 1 is 1.00 bits per heavy atom. The fourth-order valence-corrected chi connectivity index (χ4v) is 2.28. The first-order valence-corrected chi connectivity index (χ1v) is 6.56. The Bertz CT molecular complexity index is 749. The molecule has 0 aliphatic heterocycles. The van der Waals surface area contributed by atoms with Crippen molar-refractivity contribution in [2.75, 3.05) is 0 Å². The average molecular weight is 277 g/mol. The molecule has 3 aromatic rings. The van der Waals surface area contributed by atoms with Crippen molar-refractivity contribution in [1.82, 2.24) is 9.55 Å². The number of aromatic nitrogens is 2. The highest BCUT2D eigenvalue weighted by atomic mass is 16.4. The van der Waals surface area contributed by atoms with Crippen LogP contribution in [0, 0.1) is 6.33 Å². The molecule has 0 saturated heterocycles. The maximum atomic E-state index is 11.0. The van der Waals surface area contributed by atoms with Crippen LogP contribution in [0.2, 0.25) is 0 Å². The molecule has 1 radical (unpaired) electrons. The molecule has 0 atom stereocenters. The number of carboxylic acid groups (broad SMARTS) is 1. The van der Waals surface area contributed by atoms with E-state index < -0.39 is 5.97 Å². The SMILES string of the molecule is O=C(O)Cn1[c]nc(-c2ccccc2)c1-c1ccccc1. The van der Waals surface area contributed by atoms with E-state index in [0.717, 1.165) is 22.5 Å². The second kappa shape index (κ2) is 5.63. The van der Waals surface area contributed by atoms with Gasteiger partial charge in [-0.1, -0.05) is 60.7 Å². The molecule has 0 unspecified atom stereocenters. The number of hydrogen-bond donors (Lipinski definition) is 1. The number of rotatable bonds is 4. The standard InChI is InChI=1S/C17H13N2O2/c20-15(21)11-19-12-18-16(13-7-3-1-4-8-13)17(19)14-9-5-2-6-10-14/h1-10H,11H2,(H,20,21). The highest BCUT2D eigenvalue weighted by Crippen LogP contribution is 2.30. The Morgan fingerprint density at radius 2 is 1.57 bits per heavy atom. The van der Waals surface area contributed by atoms with Crippen molar-refractivity contribution in [2.45, 2.75) is 6.54 Å². The first kappa shape index (κ1) is 13.1. The molecule has 1 N–H and O–H groups in total. The van der Waals surface area contributed by atoms with Gasteiger partial charge in [0.05, 0.1) is 11.4 Å². The molecular formula is C17H13N2O2. The van der Waals surface area contributed by atoms with Crippen LogP contribution in [-0.4, -0.2) is 20.6 Å². The summed E-state index contributed by atoms with van der Waals surface area (Å²) in [6, 6.07) is 19.3. The second-order valence-electron chi connectivity index (χ2n) is 4.62. The molecule has 0 aliphatic rings. The Kier molecular flexibility index (Phi) is 3.51. The highest BCUT2D eigenvalue weighted by Gasteiger charge is 2.16. The van der Waals surface area contributed by atoms with Gasteiger partial charge in [0.2, 0.25) is 0 Å². The molecular weight excluding hydrogens is 264 g/mol. The largest absolute Gasteiger partial charge is 0.480 e. The monoisotopic (exact) mass is 277 g/mol. The molecule has 0 amide bonds. The van der Waals surface area contributed by atoms with E-state index in [-0.39, 0.29) is 6.54 Å². The Balaban J connectivity index is 2.18. The van der Waals surface area contributed by atoms with Gasteiger partial charge in [-0.2, -0.15) is 0 Å². The zero-order valence-corrected chi connectivity index (χ0v) is 11.2. The minimum absolute atomic E-state index is 0.163. The van der Waals surface area contributed by atoms with Gasteiger partial charge in [-0.3, -0.25) is 4.79 Å². The van der Waals surface area contributed by atoms with Crippen molar-refractivity contribution in [1.29, 1.82) is 0 Å². The lowest BCUT2D eigenvalue weighted by Gasteiger charge is -2.08. The van der Waals surface area contributed by atoms with Crippen molar-refractivity contribution < 1.29 is 9.90 Å². The van der Waals surface area contributed by atoms with Crippen molar-refractivity contribution in [2.24, 2.45) is 0 Å². The van der Waals surface area contributed by atoms with Crippen LogP contribution in [0.5, 0.6) is 0 Å². The number of carbonyl (C=O) groups is 1. The minimum Gasteiger partial charge on any atom is -0.480 e. The first-order chi connectivity index (χ1) is 10.3. The van der Waals surface area contributed by atoms with E-state index in [1.807, 2.05) is 60.7 Å². The molecule has 0 fully saturated rings. The molecule has 21 heavy (non-hydrogen) atoms. The zero-order chi connectivity index (χ0) is 14.7. The van der Waals surface area contributed by atoms with Crippen molar-refractivity contribution in [3.05, 3.63) is 67.0 Å². The van der Waals surface area contributed by atoms with Gasteiger partial charge in [0.25, 0.3) is 0 Å². The van der Waals surface area contributed by atoms with E-state index in [2.05, 4.69) is 11.3 Å². The molecule has 1 heterocycles. The Labute approximate surface area is 122 Å². The van der Waals surface area contributed by atoms with Gasteiger partial charge in [0.15, 0.2) is 6.33 Å². The summed E-state index contributed by atoms with van der Waals surface area (Å²) in [6.07, 6.45) is 2.79. The Morgan fingerprint density at radius 3 is 2.14 bits per heavy atom.